The number of amides is 1. The summed E-state index contributed by atoms with van der Waals surface area (Å²) in [5.41, 5.74) is -0.207. The standard InChI is InChI=1S/C26H25F3N4O4S/c1-17-6-5-12-32(15-17)25-31-23(26(27,28)29)22(37-25)24(34)30-20-9-10-21-19(14-20)11-13-33(21)38(35,36)16-18-7-3-2-4-8-18/h2-4,7-11,13-14,17H,5-6,12,15-16H2,1H3,(H,30,34). The van der Waals surface area contributed by atoms with Crippen LogP contribution in [0.1, 0.15) is 41.6 Å². The van der Waals surface area contributed by atoms with Crippen LogP contribution in [0.2, 0.25) is 0 Å². The largest absolute Gasteiger partial charge is 0.437 e. The van der Waals surface area contributed by atoms with Crippen molar-refractivity contribution in [3.05, 3.63) is 77.8 Å². The van der Waals surface area contributed by atoms with Crippen molar-refractivity contribution in [2.45, 2.75) is 31.7 Å². The van der Waals surface area contributed by atoms with Gasteiger partial charge in [0.25, 0.3) is 11.9 Å². The normalized spacial score (nSPS) is 16.6. The molecule has 2 aromatic carbocycles. The number of halogens is 3. The number of oxazole rings is 1. The Bertz CT molecular complexity index is 1580. The molecule has 1 N–H and O–H groups in total. The summed E-state index contributed by atoms with van der Waals surface area (Å²) in [7, 11) is -3.73. The Morgan fingerprint density at radius 3 is 2.63 bits per heavy atom. The molecule has 1 aliphatic rings. The lowest BCUT2D eigenvalue weighted by Gasteiger charge is -2.29. The van der Waals surface area contributed by atoms with Gasteiger partial charge in [-0.05, 0) is 48.6 Å². The van der Waals surface area contributed by atoms with Gasteiger partial charge in [0.2, 0.25) is 15.8 Å². The van der Waals surface area contributed by atoms with Crippen LogP contribution >= 0.6 is 0 Å². The smallest absolute Gasteiger partial charge is 0.417 e. The van der Waals surface area contributed by atoms with Gasteiger partial charge in [-0.1, -0.05) is 37.3 Å². The van der Waals surface area contributed by atoms with Crippen LogP contribution in [-0.4, -0.2) is 36.4 Å². The Morgan fingerprint density at radius 2 is 1.92 bits per heavy atom. The van der Waals surface area contributed by atoms with Crippen LogP contribution in [-0.2, 0) is 22.0 Å². The first kappa shape index (κ1) is 25.8. The second-order valence-electron chi connectivity index (χ2n) is 9.45. The number of aromatic nitrogens is 2. The van der Waals surface area contributed by atoms with Gasteiger partial charge < -0.3 is 14.6 Å². The Balaban J connectivity index is 1.39. The Hall–Kier alpha value is -3.80. The number of benzene rings is 2. The van der Waals surface area contributed by atoms with Crippen LogP contribution < -0.4 is 10.2 Å². The van der Waals surface area contributed by atoms with Crippen molar-refractivity contribution in [2.75, 3.05) is 23.3 Å². The second kappa shape index (κ2) is 9.82. The van der Waals surface area contributed by atoms with E-state index in [1.165, 1.54) is 24.4 Å². The number of fused-ring (bicyclic) bond motifs is 1. The minimum atomic E-state index is -4.88. The van der Waals surface area contributed by atoms with Gasteiger partial charge in [0.1, 0.15) is 0 Å². The van der Waals surface area contributed by atoms with Crippen molar-refractivity contribution in [3.8, 4) is 0 Å². The molecule has 200 valence electrons. The lowest BCUT2D eigenvalue weighted by Crippen LogP contribution is -2.34. The number of piperidine rings is 1. The molecule has 1 unspecified atom stereocenters. The maximum atomic E-state index is 13.7. The van der Waals surface area contributed by atoms with Crippen molar-refractivity contribution >= 4 is 38.5 Å². The Kier molecular flexibility index (Phi) is 6.68. The molecular formula is C26H25F3N4O4S. The van der Waals surface area contributed by atoms with Crippen molar-refractivity contribution < 1.29 is 30.8 Å². The van der Waals surface area contributed by atoms with Crippen LogP contribution in [0.4, 0.5) is 24.9 Å². The van der Waals surface area contributed by atoms with Crippen LogP contribution in [0.3, 0.4) is 0 Å². The highest BCUT2D eigenvalue weighted by molar-refractivity contribution is 7.89. The highest BCUT2D eigenvalue weighted by Crippen LogP contribution is 2.35. The second-order valence-corrected chi connectivity index (χ2v) is 11.3. The highest BCUT2D eigenvalue weighted by atomic mass is 32.2. The fraction of sp³-hybridized carbons (Fsp3) is 0.308. The summed E-state index contributed by atoms with van der Waals surface area (Å²) in [5.74, 6) is -1.97. The van der Waals surface area contributed by atoms with Crippen LogP contribution in [0.25, 0.3) is 10.9 Å². The van der Waals surface area contributed by atoms with Crippen LogP contribution in [0, 0.1) is 5.92 Å². The predicted octanol–water partition coefficient (Wildman–Crippen LogP) is 5.51. The fourth-order valence-electron chi connectivity index (χ4n) is 4.63. The summed E-state index contributed by atoms with van der Waals surface area (Å²) < 4.78 is 73.6. The molecule has 1 aliphatic heterocycles. The molecule has 8 nitrogen and oxygen atoms in total. The minimum Gasteiger partial charge on any atom is -0.417 e. The SMILES string of the molecule is CC1CCCN(c2nc(C(F)(F)F)c(C(=O)Nc3ccc4c(ccn4S(=O)(=O)Cc4ccccc4)c3)o2)C1. The predicted molar refractivity (Wildman–Crippen MR) is 136 cm³/mol. The van der Waals surface area contributed by atoms with Crippen molar-refractivity contribution in [2.24, 2.45) is 5.92 Å². The Labute approximate surface area is 217 Å². The first-order valence-electron chi connectivity index (χ1n) is 12.0. The van der Waals surface area contributed by atoms with Gasteiger partial charge >= 0.3 is 6.18 Å². The molecule has 0 saturated carbocycles. The molecule has 0 aliphatic carbocycles. The zero-order valence-corrected chi connectivity index (χ0v) is 21.2. The quantitative estimate of drug-likeness (QED) is 0.342. The maximum Gasteiger partial charge on any atom is 0.437 e. The lowest BCUT2D eigenvalue weighted by atomic mass is 10.0. The van der Waals surface area contributed by atoms with Gasteiger partial charge in [-0.3, -0.25) is 4.79 Å². The first-order chi connectivity index (χ1) is 18.0. The van der Waals surface area contributed by atoms with E-state index in [2.05, 4.69) is 10.3 Å². The number of rotatable bonds is 6. The molecule has 0 radical (unpaired) electrons. The van der Waals surface area contributed by atoms with Crippen LogP contribution in [0.5, 0.6) is 0 Å². The average molecular weight is 547 g/mol. The van der Waals surface area contributed by atoms with Gasteiger partial charge in [-0.15, -0.1) is 0 Å². The molecule has 38 heavy (non-hydrogen) atoms. The van der Waals surface area contributed by atoms with E-state index in [0.29, 0.717) is 29.6 Å². The van der Waals surface area contributed by atoms with Gasteiger partial charge in [0.05, 0.1) is 11.3 Å². The summed E-state index contributed by atoms with van der Waals surface area (Å²) in [5, 5.41) is 2.91. The lowest BCUT2D eigenvalue weighted by molar-refractivity contribution is -0.141. The summed E-state index contributed by atoms with van der Waals surface area (Å²) in [4.78, 5) is 18.1. The van der Waals surface area contributed by atoms with E-state index >= 15 is 0 Å². The molecule has 4 aromatic rings. The third-order valence-corrected chi connectivity index (χ3v) is 8.04. The van der Waals surface area contributed by atoms with Crippen molar-refractivity contribution in [3.63, 3.8) is 0 Å². The molecule has 3 heterocycles. The number of carbonyl (C=O) groups excluding carboxylic acids is 1. The van der Waals surface area contributed by atoms with E-state index in [0.717, 1.165) is 16.8 Å². The van der Waals surface area contributed by atoms with Crippen LogP contribution in [0.15, 0.2) is 65.2 Å². The zero-order chi connectivity index (χ0) is 27.1. The number of carbonyl (C=O) groups is 1. The summed E-state index contributed by atoms with van der Waals surface area (Å²) >= 11 is 0. The molecule has 2 aromatic heterocycles. The molecule has 5 rings (SSSR count). The topological polar surface area (TPSA) is 97.4 Å². The molecule has 1 saturated heterocycles. The van der Waals surface area contributed by atoms with E-state index in [1.807, 2.05) is 6.92 Å². The van der Waals surface area contributed by atoms with Gasteiger partial charge in [0, 0.05) is 30.4 Å². The summed E-state index contributed by atoms with van der Waals surface area (Å²) in [6.45, 7) is 2.97. The van der Waals surface area contributed by atoms with E-state index in [4.69, 9.17) is 4.42 Å². The molecule has 1 amide bonds. The van der Waals surface area contributed by atoms with Gasteiger partial charge in [-0.25, -0.2) is 12.4 Å². The molecule has 1 fully saturated rings. The van der Waals surface area contributed by atoms with E-state index in [-0.39, 0.29) is 23.4 Å². The number of alkyl halides is 3. The zero-order valence-electron chi connectivity index (χ0n) is 20.4. The number of nitrogens with one attached hydrogen (secondary N) is 1. The highest BCUT2D eigenvalue weighted by Gasteiger charge is 2.42. The van der Waals surface area contributed by atoms with Gasteiger partial charge in [0.15, 0.2) is 5.69 Å². The summed E-state index contributed by atoms with van der Waals surface area (Å²) in [6, 6.07) is 14.4. The molecular weight excluding hydrogens is 521 g/mol. The number of anilines is 2. The van der Waals surface area contributed by atoms with E-state index in [9.17, 15) is 26.4 Å². The van der Waals surface area contributed by atoms with E-state index < -0.39 is 33.6 Å². The third-order valence-electron chi connectivity index (χ3n) is 6.42. The number of hydrogen-bond donors (Lipinski definition) is 1. The van der Waals surface area contributed by atoms with Gasteiger partial charge in [-0.2, -0.15) is 18.2 Å². The molecule has 0 bridgehead atoms. The first-order valence-corrected chi connectivity index (χ1v) is 13.6. The van der Waals surface area contributed by atoms with Crippen molar-refractivity contribution in [1.82, 2.24) is 8.96 Å². The summed E-state index contributed by atoms with van der Waals surface area (Å²) in [6.07, 6.45) is -1.75. The fourth-order valence-corrected chi connectivity index (χ4v) is 6.10. The maximum absolute atomic E-state index is 13.7. The average Bonchev–Trinajstić information content (AvgIpc) is 3.50. The monoisotopic (exact) mass is 546 g/mol. The Morgan fingerprint density at radius 1 is 1.16 bits per heavy atom. The molecule has 1 atom stereocenters. The van der Waals surface area contributed by atoms with E-state index in [1.54, 1.807) is 41.3 Å². The minimum absolute atomic E-state index is 0.179. The number of nitrogens with zero attached hydrogens (tertiary/aromatic N) is 3. The third kappa shape index (κ3) is 5.26. The van der Waals surface area contributed by atoms with Crippen molar-refractivity contribution in [1.29, 1.82) is 0 Å². The number of hydrogen-bond acceptors (Lipinski definition) is 6. The molecule has 12 heteroatoms. The molecule has 0 spiro atoms.